The van der Waals surface area contributed by atoms with Gasteiger partial charge in [0.2, 0.25) is 0 Å². The number of benzene rings is 2. The van der Waals surface area contributed by atoms with Crippen LogP contribution in [0, 0.1) is 0 Å². The molecule has 6 nitrogen and oxygen atoms in total. The van der Waals surface area contributed by atoms with Crippen LogP contribution in [-0.2, 0) is 17.9 Å². The molecule has 1 aliphatic rings. The number of halogens is 1. The number of ether oxygens (including phenoxy) is 3. The predicted molar refractivity (Wildman–Crippen MR) is 123 cm³/mol. The summed E-state index contributed by atoms with van der Waals surface area (Å²) in [5, 5.41) is 6.63. The lowest BCUT2D eigenvalue weighted by Crippen LogP contribution is -2.30. The molecule has 2 aromatic carbocycles. The monoisotopic (exact) mass is 497 g/mol. The fraction of sp³-hybridized carbons (Fsp3) is 0.381. The number of hydrogen-bond donors (Lipinski definition) is 2. The molecule has 0 saturated carbocycles. The van der Waals surface area contributed by atoms with Gasteiger partial charge >= 0.3 is 0 Å². The van der Waals surface area contributed by atoms with Crippen molar-refractivity contribution in [2.75, 3.05) is 32.2 Å². The third-order valence-corrected chi connectivity index (χ3v) is 4.18. The predicted octanol–water partition coefficient (Wildman–Crippen LogP) is 4.19. The second kappa shape index (κ2) is 11.8. The molecule has 152 valence electrons. The van der Waals surface area contributed by atoms with E-state index in [0.29, 0.717) is 26.4 Å². The molecule has 0 radical (unpaired) electrons. The number of nitrogens with zero attached hydrogens (tertiary/aromatic N) is 1. The molecular weight excluding hydrogens is 469 g/mol. The lowest BCUT2D eigenvalue weighted by molar-refractivity contribution is 0.184. The first-order valence-electron chi connectivity index (χ1n) is 9.31. The van der Waals surface area contributed by atoms with E-state index in [0.717, 1.165) is 47.2 Å². The summed E-state index contributed by atoms with van der Waals surface area (Å²) in [6.45, 7) is 5.32. The molecule has 0 saturated heterocycles. The molecule has 7 heteroatoms. The average Bonchev–Trinajstić information content (AvgIpc) is 2.92. The van der Waals surface area contributed by atoms with E-state index >= 15 is 0 Å². The van der Waals surface area contributed by atoms with Crippen LogP contribution in [0.25, 0.3) is 0 Å². The zero-order chi connectivity index (χ0) is 18.9. The quantitative estimate of drug-likeness (QED) is 0.356. The highest BCUT2D eigenvalue weighted by atomic mass is 127. The molecule has 0 aliphatic carbocycles. The van der Waals surface area contributed by atoms with Crippen molar-refractivity contribution >= 4 is 35.6 Å². The van der Waals surface area contributed by atoms with Crippen molar-refractivity contribution < 1.29 is 14.2 Å². The highest BCUT2D eigenvalue weighted by Gasteiger charge is 2.11. The van der Waals surface area contributed by atoms with Gasteiger partial charge in [-0.1, -0.05) is 24.3 Å². The lowest BCUT2D eigenvalue weighted by atomic mass is 10.1. The molecule has 0 spiro atoms. The summed E-state index contributed by atoms with van der Waals surface area (Å²) in [5.74, 6) is 2.27. The van der Waals surface area contributed by atoms with Crippen molar-refractivity contribution in [2.24, 2.45) is 4.99 Å². The van der Waals surface area contributed by atoms with Crippen LogP contribution in [0.1, 0.15) is 24.5 Å². The third-order valence-electron chi connectivity index (χ3n) is 4.18. The van der Waals surface area contributed by atoms with E-state index in [1.54, 1.807) is 7.11 Å². The van der Waals surface area contributed by atoms with Gasteiger partial charge in [0.1, 0.15) is 0 Å². The van der Waals surface area contributed by atoms with Gasteiger partial charge in [-0.05, 0) is 30.2 Å². The Bertz CT molecular complexity index is 783. The van der Waals surface area contributed by atoms with Crippen molar-refractivity contribution in [1.29, 1.82) is 0 Å². The largest absolute Gasteiger partial charge is 0.490 e. The molecule has 1 heterocycles. The molecule has 28 heavy (non-hydrogen) atoms. The molecule has 0 atom stereocenters. The Labute approximate surface area is 183 Å². The maximum Gasteiger partial charge on any atom is 0.196 e. The number of rotatable bonds is 6. The molecule has 2 N–H and O–H groups in total. The van der Waals surface area contributed by atoms with E-state index in [2.05, 4.69) is 22.8 Å². The van der Waals surface area contributed by atoms with Crippen LogP contribution in [0.5, 0.6) is 11.5 Å². The highest BCUT2D eigenvalue weighted by Crippen LogP contribution is 2.32. The van der Waals surface area contributed by atoms with Crippen molar-refractivity contribution in [3.8, 4) is 11.5 Å². The van der Waals surface area contributed by atoms with Gasteiger partial charge in [-0.2, -0.15) is 0 Å². The first kappa shape index (κ1) is 22.3. The van der Waals surface area contributed by atoms with E-state index in [9.17, 15) is 0 Å². The fourth-order valence-electron chi connectivity index (χ4n) is 2.86. The Balaban J connectivity index is 0.00000280. The zero-order valence-electron chi connectivity index (χ0n) is 16.4. The second-order valence-corrected chi connectivity index (χ2v) is 6.23. The fourth-order valence-corrected chi connectivity index (χ4v) is 2.86. The Morgan fingerprint density at radius 1 is 1.07 bits per heavy atom. The Morgan fingerprint density at radius 3 is 2.57 bits per heavy atom. The second-order valence-electron chi connectivity index (χ2n) is 6.23. The Kier molecular flexibility index (Phi) is 9.36. The first-order chi connectivity index (χ1) is 13.3. The number of guanidine groups is 1. The minimum absolute atomic E-state index is 0. The average molecular weight is 497 g/mol. The van der Waals surface area contributed by atoms with Crippen LogP contribution in [0.15, 0.2) is 47.5 Å². The number of anilines is 1. The van der Waals surface area contributed by atoms with Gasteiger partial charge in [0, 0.05) is 31.8 Å². The molecule has 0 bridgehead atoms. The SMILES string of the molecule is CCNC(=NCc1ccccc1COC)Nc1ccc2c(c1)OCCCO2.I. The number of fused-ring (bicyclic) bond motifs is 1. The zero-order valence-corrected chi connectivity index (χ0v) is 18.7. The van der Waals surface area contributed by atoms with Gasteiger partial charge in [0.05, 0.1) is 26.4 Å². The van der Waals surface area contributed by atoms with Crippen LogP contribution in [0.2, 0.25) is 0 Å². The highest BCUT2D eigenvalue weighted by molar-refractivity contribution is 14.0. The van der Waals surface area contributed by atoms with Gasteiger partial charge in [-0.15, -0.1) is 24.0 Å². The van der Waals surface area contributed by atoms with E-state index < -0.39 is 0 Å². The summed E-state index contributed by atoms with van der Waals surface area (Å²) in [5.41, 5.74) is 3.20. The molecule has 0 amide bonds. The van der Waals surface area contributed by atoms with Crippen molar-refractivity contribution in [2.45, 2.75) is 26.5 Å². The van der Waals surface area contributed by atoms with E-state index in [-0.39, 0.29) is 24.0 Å². The summed E-state index contributed by atoms with van der Waals surface area (Å²) < 4.78 is 16.7. The topological polar surface area (TPSA) is 64.1 Å². The summed E-state index contributed by atoms with van der Waals surface area (Å²) in [7, 11) is 1.70. The van der Waals surface area contributed by atoms with Gasteiger partial charge in [-0.25, -0.2) is 4.99 Å². The van der Waals surface area contributed by atoms with Crippen LogP contribution in [-0.4, -0.2) is 32.8 Å². The van der Waals surface area contributed by atoms with E-state index in [4.69, 9.17) is 19.2 Å². The maximum atomic E-state index is 5.76. The summed E-state index contributed by atoms with van der Waals surface area (Å²) in [6, 6.07) is 14.0. The Morgan fingerprint density at radius 2 is 1.82 bits per heavy atom. The number of methoxy groups -OCH3 is 1. The number of nitrogens with one attached hydrogen (secondary N) is 2. The summed E-state index contributed by atoms with van der Waals surface area (Å²) in [4.78, 5) is 4.72. The van der Waals surface area contributed by atoms with Gasteiger partial charge in [-0.3, -0.25) is 0 Å². The van der Waals surface area contributed by atoms with Gasteiger partial charge < -0.3 is 24.8 Å². The third kappa shape index (κ3) is 6.27. The lowest BCUT2D eigenvalue weighted by Gasteiger charge is -2.14. The first-order valence-corrected chi connectivity index (χ1v) is 9.31. The van der Waals surface area contributed by atoms with Gasteiger partial charge in [0.25, 0.3) is 0 Å². The van der Waals surface area contributed by atoms with Gasteiger partial charge in [0.15, 0.2) is 17.5 Å². The molecule has 0 unspecified atom stereocenters. The summed E-state index contributed by atoms with van der Waals surface area (Å²) in [6.07, 6.45) is 0.891. The van der Waals surface area contributed by atoms with Crippen LogP contribution >= 0.6 is 24.0 Å². The van der Waals surface area contributed by atoms with E-state index in [1.165, 1.54) is 0 Å². The standard InChI is InChI=1S/C21H27N3O3.HI/c1-3-22-21(23-14-16-7-4-5-8-17(16)15-25-2)24-18-9-10-19-20(13-18)27-12-6-11-26-19;/h4-5,7-10,13H,3,6,11-12,14-15H2,1-2H3,(H2,22,23,24);1H. The molecule has 3 rings (SSSR count). The Hall–Kier alpha value is -2.00. The maximum absolute atomic E-state index is 5.76. The molecular formula is C21H28IN3O3. The molecule has 1 aliphatic heterocycles. The number of hydrogen-bond acceptors (Lipinski definition) is 4. The molecule has 0 fully saturated rings. The minimum Gasteiger partial charge on any atom is -0.490 e. The van der Waals surface area contributed by atoms with Crippen molar-refractivity contribution in [3.05, 3.63) is 53.6 Å². The smallest absolute Gasteiger partial charge is 0.196 e. The number of aliphatic imine (C=N–C) groups is 1. The normalized spacial score (nSPS) is 13.3. The van der Waals surface area contributed by atoms with Crippen molar-refractivity contribution in [1.82, 2.24) is 5.32 Å². The molecule has 0 aromatic heterocycles. The van der Waals surface area contributed by atoms with E-state index in [1.807, 2.05) is 37.3 Å². The van der Waals surface area contributed by atoms with Crippen molar-refractivity contribution in [3.63, 3.8) is 0 Å². The molecule has 2 aromatic rings. The summed E-state index contributed by atoms with van der Waals surface area (Å²) >= 11 is 0. The van der Waals surface area contributed by atoms with Crippen LogP contribution < -0.4 is 20.1 Å². The minimum atomic E-state index is 0. The van der Waals surface area contributed by atoms with Crippen LogP contribution in [0.3, 0.4) is 0 Å². The van der Waals surface area contributed by atoms with Crippen LogP contribution in [0.4, 0.5) is 5.69 Å².